The van der Waals surface area contributed by atoms with E-state index >= 15 is 0 Å². The minimum Gasteiger partial charge on any atom is -0.465 e. The molecule has 0 aromatic carbocycles. The lowest BCUT2D eigenvalue weighted by molar-refractivity contribution is 0.0600. The van der Waals surface area contributed by atoms with E-state index in [1.54, 1.807) is 6.07 Å². The van der Waals surface area contributed by atoms with Gasteiger partial charge in [-0.1, -0.05) is 11.6 Å². The van der Waals surface area contributed by atoms with Gasteiger partial charge in [0.25, 0.3) is 0 Å². The molecule has 0 aliphatic carbocycles. The molecule has 0 aliphatic heterocycles. The molecule has 0 N–H and O–H groups in total. The standard InChI is InChI=1S/C8H5ClN2O2/c1-13-8(12)5-2-3-11-7(9)6(5)4-10/h2-3H,1H3. The third-order valence-corrected chi connectivity index (χ3v) is 1.71. The summed E-state index contributed by atoms with van der Waals surface area (Å²) in [4.78, 5) is 14.7. The molecule has 1 heterocycles. The molecule has 5 heteroatoms. The molecule has 0 atom stereocenters. The topological polar surface area (TPSA) is 63.0 Å². The van der Waals surface area contributed by atoms with E-state index in [-0.39, 0.29) is 16.3 Å². The lowest BCUT2D eigenvalue weighted by Gasteiger charge is -2.01. The highest BCUT2D eigenvalue weighted by Gasteiger charge is 2.14. The van der Waals surface area contributed by atoms with E-state index < -0.39 is 5.97 Å². The Hall–Kier alpha value is -1.60. The van der Waals surface area contributed by atoms with Gasteiger partial charge < -0.3 is 4.74 Å². The van der Waals surface area contributed by atoms with E-state index in [2.05, 4.69) is 9.72 Å². The van der Waals surface area contributed by atoms with Crippen LogP contribution < -0.4 is 0 Å². The lowest BCUT2D eigenvalue weighted by atomic mass is 10.1. The highest BCUT2D eigenvalue weighted by atomic mass is 35.5. The van der Waals surface area contributed by atoms with E-state index in [1.807, 2.05) is 0 Å². The van der Waals surface area contributed by atoms with Crippen molar-refractivity contribution in [3.05, 3.63) is 28.5 Å². The molecule has 0 saturated carbocycles. The Labute approximate surface area is 79.7 Å². The van der Waals surface area contributed by atoms with Gasteiger partial charge in [0, 0.05) is 6.20 Å². The van der Waals surface area contributed by atoms with Crippen LogP contribution in [0.4, 0.5) is 0 Å². The molecule has 0 aliphatic rings. The molecule has 0 amide bonds. The Morgan fingerprint density at radius 1 is 1.77 bits per heavy atom. The molecule has 0 radical (unpaired) electrons. The maximum atomic E-state index is 11.1. The summed E-state index contributed by atoms with van der Waals surface area (Å²) in [6.07, 6.45) is 1.34. The van der Waals surface area contributed by atoms with Crippen LogP contribution in [0.15, 0.2) is 12.3 Å². The largest absolute Gasteiger partial charge is 0.465 e. The van der Waals surface area contributed by atoms with Gasteiger partial charge >= 0.3 is 5.97 Å². The molecule has 13 heavy (non-hydrogen) atoms. The first-order valence-electron chi connectivity index (χ1n) is 3.33. The summed E-state index contributed by atoms with van der Waals surface area (Å²) in [5.41, 5.74) is 0.168. The smallest absolute Gasteiger partial charge is 0.339 e. The van der Waals surface area contributed by atoms with Gasteiger partial charge in [-0.2, -0.15) is 5.26 Å². The Bertz CT molecular complexity index is 384. The molecule has 0 fully saturated rings. The van der Waals surface area contributed by atoms with Gasteiger partial charge in [0.15, 0.2) is 0 Å². The third-order valence-electron chi connectivity index (χ3n) is 1.42. The number of aromatic nitrogens is 1. The van der Waals surface area contributed by atoms with Crippen LogP contribution in [-0.2, 0) is 4.74 Å². The first-order valence-corrected chi connectivity index (χ1v) is 3.71. The van der Waals surface area contributed by atoms with Gasteiger partial charge in [-0.05, 0) is 6.07 Å². The van der Waals surface area contributed by atoms with E-state index in [0.29, 0.717) is 0 Å². The molecular formula is C8H5ClN2O2. The molecule has 1 aromatic rings. The number of nitriles is 1. The van der Waals surface area contributed by atoms with Crippen molar-refractivity contribution >= 4 is 17.6 Å². The molecule has 4 nitrogen and oxygen atoms in total. The average Bonchev–Trinajstić information content (AvgIpc) is 2.16. The Balaban J connectivity index is 3.30. The average molecular weight is 197 g/mol. The SMILES string of the molecule is COC(=O)c1ccnc(Cl)c1C#N. The van der Waals surface area contributed by atoms with Gasteiger partial charge in [0.2, 0.25) is 0 Å². The minimum atomic E-state index is -0.596. The van der Waals surface area contributed by atoms with E-state index in [1.165, 1.54) is 19.4 Å². The van der Waals surface area contributed by atoms with Crippen LogP contribution in [0.25, 0.3) is 0 Å². The van der Waals surface area contributed by atoms with Crippen LogP contribution in [0.3, 0.4) is 0 Å². The number of hydrogen-bond donors (Lipinski definition) is 0. The molecule has 1 aromatic heterocycles. The first-order chi connectivity index (χ1) is 6.20. The van der Waals surface area contributed by atoms with Gasteiger partial charge in [-0.25, -0.2) is 9.78 Å². The second-order valence-electron chi connectivity index (χ2n) is 2.13. The second-order valence-corrected chi connectivity index (χ2v) is 2.49. The Morgan fingerprint density at radius 2 is 2.46 bits per heavy atom. The number of methoxy groups -OCH3 is 1. The van der Waals surface area contributed by atoms with Crippen molar-refractivity contribution in [1.82, 2.24) is 4.98 Å². The van der Waals surface area contributed by atoms with E-state index in [0.717, 1.165) is 0 Å². The number of pyridine rings is 1. The van der Waals surface area contributed by atoms with Gasteiger partial charge in [-0.15, -0.1) is 0 Å². The number of ether oxygens (including phenoxy) is 1. The van der Waals surface area contributed by atoms with Crippen LogP contribution in [0.1, 0.15) is 15.9 Å². The van der Waals surface area contributed by atoms with E-state index in [9.17, 15) is 4.79 Å². The highest BCUT2D eigenvalue weighted by molar-refractivity contribution is 6.31. The fourth-order valence-corrected chi connectivity index (χ4v) is 1.02. The monoisotopic (exact) mass is 196 g/mol. The van der Waals surface area contributed by atoms with Gasteiger partial charge in [0.05, 0.1) is 12.7 Å². The molecule has 0 spiro atoms. The van der Waals surface area contributed by atoms with Crippen molar-refractivity contribution in [2.45, 2.75) is 0 Å². The fraction of sp³-hybridized carbons (Fsp3) is 0.125. The van der Waals surface area contributed by atoms with Crippen LogP contribution in [0.5, 0.6) is 0 Å². The third kappa shape index (κ3) is 1.76. The summed E-state index contributed by atoms with van der Waals surface area (Å²) < 4.78 is 4.46. The number of hydrogen-bond acceptors (Lipinski definition) is 4. The van der Waals surface area contributed by atoms with Crippen LogP contribution in [0.2, 0.25) is 5.15 Å². The number of carbonyl (C=O) groups is 1. The quantitative estimate of drug-likeness (QED) is 0.503. The number of rotatable bonds is 1. The minimum absolute atomic E-state index is 0.00500. The number of carbonyl (C=O) groups excluding carboxylic acids is 1. The van der Waals surface area contributed by atoms with Crippen molar-refractivity contribution < 1.29 is 9.53 Å². The summed E-state index contributed by atoms with van der Waals surface area (Å²) in [7, 11) is 1.23. The Morgan fingerprint density at radius 3 is 3.00 bits per heavy atom. The van der Waals surface area contributed by atoms with Crippen molar-refractivity contribution in [2.24, 2.45) is 0 Å². The summed E-state index contributed by atoms with van der Waals surface area (Å²) >= 11 is 5.59. The fourth-order valence-electron chi connectivity index (χ4n) is 0.823. The van der Waals surface area contributed by atoms with E-state index in [4.69, 9.17) is 16.9 Å². The zero-order valence-corrected chi connectivity index (χ0v) is 7.50. The molecule has 0 unspecified atom stereocenters. The maximum Gasteiger partial charge on any atom is 0.339 e. The summed E-state index contributed by atoms with van der Waals surface area (Å²) in [5.74, 6) is -0.596. The zero-order valence-electron chi connectivity index (χ0n) is 6.74. The summed E-state index contributed by atoms with van der Waals surface area (Å²) in [5, 5.41) is 8.67. The van der Waals surface area contributed by atoms with Gasteiger partial charge in [0.1, 0.15) is 16.8 Å². The highest BCUT2D eigenvalue weighted by Crippen LogP contribution is 2.16. The van der Waals surface area contributed by atoms with Crippen LogP contribution in [0, 0.1) is 11.3 Å². The van der Waals surface area contributed by atoms with Gasteiger partial charge in [-0.3, -0.25) is 0 Å². The maximum absolute atomic E-state index is 11.1. The molecule has 1 rings (SSSR count). The lowest BCUT2D eigenvalue weighted by Crippen LogP contribution is -2.04. The molecule has 66 valence electrons. The van der Waals surface area contributed by atoms with Crippen LogP contribution in [-0.4, -0.2) is 18.1 Å². The summed E-state index contributed by atoms with van der Waals surface area (Å²) in [6.45, 7) is 0. The van der Waals surface area contributed by atoms with Crippen LogP contribution >= 0.6 is 11.6 Å². The number of halogens is 1. The predicted molar refractivity (Wildman–Crippen MR) is 45.3 cm³/mol. The second kappa shape index (κ2) is 3.87. The molecule has 0 bridgehead atoms. The number of esters is 1. The predicted octanol–water partition coefficient (Wildman–Crippen LogP) is 1.39. The first kappa shape index (κ1) is 9.49. The zero-order chi connectivity index (χ0) is 9.84. The van der Waals surface area contributed by atoms with Crippen molar-refractivity contribution in [3.8, 4) is 6.07 Å². The Kier molecular flexibility index (Phi) is 2.83. The molecule has 0 saturated heterocycles. The van der Waals surface area contributed by atoms with Crippen molar-refractivity contribution in [1.29, 1.82) is 5.26 Å². The number of nitrogens with zero attached hydrogens (tertiary/aromatic N) is 2. The normalized spacial score (nSPS) is 9.00. The summed E-state index contributed by atoms with van der Waals surface area (Å²) in [6, 6.07) is 3.17. The van der Waals surface area contributed by atoms with Crippen molar-refractivity contribution in [3.63, 3.8) is 0 Å². The molecular weight excluding hydrogens is 192 g/mol. The van der Waals surface area contributed by atoms with Crippen molar-refractivity contribution in [2.75, 3.05) is 7.11 Å².